The number of hydrogen-bond acceptors (Lipinski definition) is 2. The summed E-state index contributed by atoms with van der Waals surface area (Å²) in [4.78, 5) is 11.2. The highest BCUT2D eigenvalue weighted by atomic mass is 79.9. The van der Waals surface area contributed by atoms with Crippen molar-refractivity contribution < 1.29 is 18.3 Å². The van der Waals surface area contributed by atoms with Crippen LogP contribution in [-0.4, -0.2) is 19.1 Å². The van der Waals surface area contributed by atoms with Crippen molar-refractivity contribution in [2.24, 2.45) is 0 Å². The largest absolute Gasteiger partial charge is 0.372 e. The maximum absolute atomic E-state index is 13.3. The Morgan fingerprint density at radius 2 is 2.12 bits per heavy atom. The van der Waals surface area contributed by atoms with Crippen molar-refractivity contribution in [1.82, 2.24) is 0 Å². The van der Waals surface area contributed by atoms with Gasteiger partial charge in [0, 0.05) is 12.7 Å². The molecule has 0 saturated heterocycles. The molecule has 3 nitrogen and oxygen atoms in total. The van der Waals surface area contributed by atoms with Gasteiger partial charge in [-0.05, 0) is 28.9 Å². The molecule has 0 saturated carbocycles. The highest BCUT2D eigenvalue weighted by Crippen LogP contribution is 2.23. The van der Waals surface area contributed by atoms with Crippen LogP contribution in [0.15, 0.2) is 16.6 Å². The summed E-state index contributed by atoms with van der Waals surface area (Å²) >= 11 is 2.84. The highest BCUT2D eigenvalue weighted by Gasteiger charge is 2.10. The quantitative estimate of drug-likeness (QED) is 0.867. The number of anilines is 1. The number of ether oxygens (including phenoxy) is 1. The van der Waals surface area contributed by atoms with Crippen LogP contribution in [0.1, 0.15) is 6.92 Å². The third kappa shape index (κ3) is 3.53. The minimum absolute atomic E-state index is 0.00723. The number of nitrogens with one attached hydrogen (secondary N) is 1. The fourth-order valence-electron chi connectivity index (χ4n) is 0.999. The molecule has 16 heavy (non-hydrogen) atoms. The van der Waals surface area contributed by atoms with Crippen molar-refractivity contribution >= 4 is 27.5 Å². The molecule has 0 atom stereocenters. The zero-order valence-electron chi connectivity index (χ0n) is 8.52. The first-order valence-electron chi connectivity index (χ1n) is 4.56. The first-order valence-corrected chi connectivity index (χ1v) is 5.36. The average Bonchev–Trinajstić information content (AvgIpc) is 2.23. The molecular weight excluding hydrogens is 284 g/mol. The molecule has 0 aromatic heterocycles. The molecule has 0 aliphatic carbocycles. The van der Waals surface area contributed by atoms with Crippen molar-refractivity contribution in [2.45, 2.75) is 6.92 Å². The van der Waals surface area contributed by atoms with E-state index >= 15 is 0 Å². The molecule has 6 heteroatoms. The first kappa shape index (κ1) is 13.1. The molecule has 0 fully saturated rings. The van der Waals surface area contributed by atoms with E-state index in [-0.39, 0.29) is 16.8 Å². The molecule has 1 amide bonds. The summed E-state index contributed by atoms with van der Waals surface area (Å²) in [6.45, 7) is 1.92. The van der Waals surface area contributed by atoms with Gasteiger partial charge in [0.05, 0.1) is 10.2 Å². The van der Waals surface area contributed by atoms with E-state index < -0.39 is 17.5 Å². The molecule has 1 aromatic carbocycles. The Balaban J connectivity index is 2.73. The van der Waals surface area contributed by atoms with Crippen LogP contribution in [0.25, 0.3) is 0 Å². The fourth-order valence-corrected chi connectivity index (χ4v) is 1.31. The summed E-state index contributed by atoms with van der Waals surface area (Å²) in [6, 6.07) is 1.86. The highest BCUT2D eigenvalue weighted by molar-refractivity contribution is 9.10. The first-order chi connectivity index (χ1) is 7.54. The molecule has 1 aromatic rings. The van der Waals surface area contributed by atoms with Crippen molar-refractivity contribution in [1.29, 1.82) is 0 Å². The Morgan fingerprint density at radius 1 is 1.44 bits per heavy atom. The van der Waals surface area contributed by atoms with Crippen LogP contribution in [0, 0.1) is 11.6 Å². The molecule has 0 spiro atoms. The molecule has 0 aliphatic heterocycles. The van der Waals surface area contributed by atoms with Crippen LogP contribution in [-0.2, 0) is 9.53 Å². The van der Waals surface area contributed by atoms with Gasteiger partial charge in [0.1, 0.15) is 18.2 Å². The van der Waals surface area contributed by atoms with Gasteiger partial charge < -0.3 is 10.1 Å². The number of halogens is 3. The lowest BCUT2D eigenvalue weighted by Gasteiger charge is -2.07. The van der Waals surface area contributed by atoms with E-state index in [1.54, 1.807) is 6.92 Å². The molecule has 0 bridgehead atoms. The van der Waals surface area contributed by atoms with Crippen molar-refractivity contribution in [2.75, 3.05) is 18.5 Å². The average molecular weight is 294 g/mol. The Labute approximate surface area is 99.9 Å². The van der Waals surface area contributed by atoms with E-state index in [9.17, 15) is 13.6 Å². The number of carbonyl (C=O) groups excluding carboxylic acids is 1. The number of benzene rings is 1. The summed E-state index contributed by atoms with van der Waals surface area (Å²) in [5, 5.41) is 2.21. The Morgan fingerprint density at radius 3 is 2.75 bits per heavy atom. The summed E-state index contributed by atoms with van der Waals surface area (Å²) in [6.07, 6.45) is 0. The standard InChI is InChI=1S/C10H10BrF2NO2/c1-2-16-5-10(15)14-9-4-7(12)6(11)3-8(9)13/h3-4H,2,5H2,1H3,(H,14,15). The van der Waals surface area contributed by atoms with E-state index in [2.05, 4.69) is 21.2 Å². The van der Waals surface area contributed by atoms with Crippen molar-refractivity contribution in [3.8, 4) is 0 Å². The van der Waals surface area contributed by atoms with Gasteiger partial charge in [-0.1, -0.05) is 0 Å². The van der Waals surface area contributed by atoms with E-state index in [4.69, 9.17) is 4.74 Å². The molecule has 0 aliphatic rings. The zero-order valence-corrected chi connectivity index (χ0v) is 10.1. The molecule has 0 heterocycles. The summed E-state index contributed by atoms with van der Waals surface area (Å²) in [5.74, 6) is -1.88. The number of amides is 1. The second-order valence-corrected chi connectivity index (χ2v) is 3.79. The third-order valence-corrected chi connectivity index (χ3v) is 2.33. The molecule has 1 N–H and O–H groups in total. The van der Waals surface area contributed by atoms with Crippen LogP contribution in [0.5, 0.6) is 0 Å². The monoisotopic (exact) mass is 293 g/mol. The van der Waals surface area contributed by atoms with Crippen LogP contribution in [0.4, 0.5) is 14.5 Å². The molecule has 0 unspecified atom stereocenters. The van der Waals surface area contributed by atoms with Gasteiger partial charge in [0.2, 0.25) is 5.91 Å². The predicted octanol–water partition coefficient (Wildman–Crippen LogP) is 2.70. The number of hydrogen-bond donors (Lipinski definition) is 1. The third-order valence-electron chi connectivity index (χ3n) is 1.72. The summed E-state index contributed by atoms with van der Waals surface area (Å²) in [5.41, 5.74) is -0.203. The lowest BCUT2D eigenvalue weighted by atomic mass is 10.3. The van der Waals surface area contributed by atoms with Crippen LogP contribution in [0.3, 0.4) is 0 Å². The van der Waals surface area contributed by atoms with E-state index in [1.807, 2.05) is 0 Å². The van der Waals surface area contributed by atoms with Gasteiger partial charge in [-0.15, -0.1) is 0 Å². The lowest BCUT2D eigenvalue weighted by molar-refractivity contribution is -0.120. The van der Waals surface area contributed by atoms with Gasteiger partial charge in [-0.2, -0.15) is 0 Å². The van der Waals surface area contributed by atoms with Crippen LogP contribution in [0.2, 0.25) is 0 Å². The fraction of sp³-hybridized carbons (Fsp3) is 0.300. The minimum atomic E-state index is -0.710. The number of carbonyl (C=O) groups is 1. The number of rotatable bonds is 4. The van der Waals surface area contributed by atoms with Gasteiger partial charge in [0.15, 0.2) is 0 Å². The smallest absolute Gasteiger partial charge is 0.250 e. The molecule has 1 rings (SSSR count). The van der Waals surface area contributed by atoms with E-state index in [0.717, 1.165) is 12.1 Å². The van der Waals surface area contributed by atoms with Crippen LogP contribution >= 0.6 is 15.9 Å². The second-order valence-electron chi connectivity index (χ2n) is 2.93. The summed E-state index contributed by atoms with van der Waals surface area (Å²) in [7, 11) is 0. The van der Waals surface area contributed by atoms with Gasteiger partial charge >= 0.3 is 0 Å². The summed E-state index contributed by atoms with van der Waals surface area (Å²) < 4.78 is 31.2. The lowest BCUT2D eigenvalue weighted by Crippen LogP contribution is -2.19. The molecule has 0 radical (unpaired) electrons. The van der Waals surface area contributed by atoms with Crippen LogP contribution < -0.4 is 5.32 Å². The maximum atomic E-state index is 13.3. The van der Waals surface area contributed by atoms with Gasteiger partial charge in [-0.25, -0.2) is 8.78 Å². The zero-order chi connectivity index (χ0) is 12.1. The van der Waals surface area contributed by atoms with Gasteiger partial charge in [-0.3, -0.25) is 4.79 Å². The normalized spacial score (nSPS) is 10.2. The predicted molar refractivity (Wildman–Crippen MR) is 59.2 cm³/mol. The minimum Gasteiger partial charge on any atom is -0.372 e. The maximum Gasteiger partial charge on any atom is 0.250 e. The van der Waals surface area contributed by atoms with Gasteiger partial charge in [0.25, 0.3) is 0 Å². The van der Waals surface area contributed by atoms with Crippen molar-refractivity contribution in [3.63, 3.8) is 0 Å². The second kappa shape index (κ2) is 5.91. The SMILES string of the molecule is CCOCC(=O)Nc1cc(F)c(Br)cc1F. The topological polar surface area (TPSA) is 38.3 Å². The Bertz CT molecular complexity index is 399. The Hall–Kier alpha value is -1.01. The molecular formula is C10H10BrF2NO2. The van der Waals surface area contributed by atoms with E-state index in [1.165, 1.54) is 0 Å². The van der Waals surface area contributed by atoms with Crippen molar-refractivity contribution in [3.05, 3.63) is 28.2 Å². The molecule has 88 valence electrons. The Kier molecular flexibility index (Phi) is 4.82. The van der Waals surface area contributed by atoms with E-state index in [0.29, 0.717) is 6.61 Å².